The van der Waals surface area contributed by atoms with Crippen LogP contribution in [0.2, 0.25) is 0 Å². The van der Waals surface area contributed by atoms with E-state index in [1.165, 1.54) is 11.8 Å². The number of ether oxygens (including phenoxy) is 1. The van der Waals surface area contributed by atoms with E-state index in [1.807, 2.05) is 36.4 Å². The van der Waals surface area contributed by atoms with Gasteiger partial charge in [-0.05, 0) is 6.92 Å². The van der Waals surface area contributed by atoms with E-state index in [0.29, 0.717) is 18.1 Å². The van der Waals surface area contributed by atoms with E-state index in [-0.39, 0.29) is 5.97 Å². The summed E-state index contributed by atoms with van der Waals surface area (Å²) >= 11 is 1.52. The van der Waals surface area contributed by atoms with E-state index in [0.717, 1.165) is 17.0 Å². The van der Waals surface area contributed by atoms with Gasteiger partial charge >= 0.3 is 5.97 Å². The lowest BCUT2D eigenvalue weighted by molar-refractivity contribution is -0.144. The zero-order valence-corrected chi connectivity index (χ0v) is 12.6. The summed E-state index contributed by atoms with van der Waals surface area (Å²) in [5, 5.41) is 4.04. The van der Waals surface area contributed by atoms with Gasteiger partial charge in [0.15, 0.2) is 0 Å². The molecule has 1 heterocycles. The van der Waals surface area contributed by atoms with E-state index in [1.54, 1.807) is 6.92 Å². The van der Waals surface area contributed by atoms with Crippen LogP contribution in [-0.2, 0) is 15.3 Å². The van der Waals surface area contributed by atoms with E-state index < -0.39 is 6.04 Å². The molecular formula is C15H18N2O3S. The molecule has 2 aromatic rings. The predicted molar refractivity (Wildman–Crippen MR) is 82.7 cm³/mol. The molecule has 0 radical (unpaired) electrons. The number of carbonyl (C=O) groups excluding carboxylic acids is 1. The zero-order valence-electron chi connectivity index (χ0n) is 11.8. The summed E-state index contributed by atoms with van der Waals surface area (Å²) in [6.45, 7) is 2.11. The Morgan fingerprint density at radius 1 is 1.43 bits per heavy atom. The average molecular weight is 306 g/mol. The van der Waals surface area contributed by atoms with Crippen LogP contribution in [0.1, 0.15) is 12.7 Å². The van der Waals surface area contributed by atoms with Crippen molar-refractivity contribution < 1.29 is 14.1 Å². The number of esters is 1. The number of hydrogen-bond donors (Lipinski definition) is 1. The number of benzene rings is 1. The van der Waals surface area contributed by atoms with Gasteiger partial charge in [0.05, 0.1) is 12.4 Å². The van der Waals surface area contributed by atoms with Crippen molar-refractivity contribution >= 4 is 17.7 Å². The molecule has 2 N–H and O–H groups in total. The third-order valence-electron chi connectivity index (χ3n) is 2.76. The third kappa shape index (κ3) is 4.61. The predicted octanol–water partition coefficient (Wildman–Crippen LogP) is 2.47. The van der Waals surface area contributed by atoms with Gasteiger partial charge in [-0.15, -0.1) is 0 Å². The van der Waals surface area contributed by atoms with Gasteiger partial charge in [-0.2, -0.15) is 11.8 Å². The standard InChI is InChI=1S/C15H18N2O3S/c1-2-19-15(18)13(16)10-21-9-12-8-14(17-20-12)11-6-4-3-5-7-11/h3-8,13H,2,9-10,16H2,1H3. The van der Waals surface area contributed by atoms with Gasteiger partial charge in [0, 0.05) is 17.4 Å². The van der Waals surface area contributed by atoms with Crippen LogP contribution in [0.3, 0.4) is 0 Å². The highest BCUT2D eigenvalue weighted by molar-refractivity contribution is 7.98. The first-order chi connectivity index (χ1) is 10.2. The van der Waals surface area contributed by atoms with Crippen LogP contribution >= 0.6 is 11.8 Å². The van der Waals surface area contributed by atoms with Gasteiger partial charge < -0.3 is 15.0 Å². The topological polar surface area (TPSA) is 78.4 Å². The second-order valence-electron chi connectivity index (χ2n) is 4.42. The fraction of sp³-hybridized carbons (Fsp3) is 0.333. The van der Waals surface area contributed by atoms with Crippen molar-refractivity contribution in [1.29, 1.82) is 0 Å². The molecule has 21 heavy (non-hydrogen) atoms. The van der Waals surface area contributed by atoms with Crippen LogP contribution in [0, 0.1) is 0 Å². The van der Waals surface area contributed by atoms with Crippen LogP contribution in [0.5, 0.6) is 0 Å². The molecule has 0 fully saturated rings. The molecular weight excluding hydrogens is 288 g/mol. The van der Waals surface area contributed by atoms with Crippen molar-refractivity contribution in [2.45, 2.75) is 18.7 Å². The fourth-order valence-electron chi connectivity index (χ4n) is 1.73. The second-order valence-corrected chi connectivity index (χ2v) is 5.45. The van der Waals surface area contributed by atoms with Gasteiger partial charge in [0.1, 0.15) is 17.5 Å². The molecule has 1 unspecified atom stereocenters. The SMILES string of the molecule is CCOC(=O)C(N)CSCc1cc(-c2ccccc2)no1. The van der Waals surface area contributed by atoms with Crippen molar-refractivity contribution in [2.24, 2.45) is 5.73 Å². The van der Waals surface area contributed by atoms with E-state index in [4.69, 9.17) is 15.0 Å². The zero-order chi connectivity index (χ0) is 15.1. The molecule has 0 aliphatic carbocycles. The quantitative estimate of drug-likeness (QED) is 0.792. The second kappa shape index (κ2) is 7.85. The van der Waals surface area contributed by atoms with Crippen molar-refractivity contribution in [3.05, 3.63) is 42.2 Å². The van der Waals surface area contributed by atoms with Gasteiger partial charge in [0.25, 0.3) is 0 Å². The maximum atomic E-state index is 11.4. The van der Waals surface area contributed by atoms with Crippen LogP contribution in [0.4, 0.5) is 0 Å². The minimum Gasteiger partial charge on any atom is -0.465 e. The number of nitrogens with two attached hydrogens (primary N) is 1. The summed E-state index contributed by atoms with van der Waals surface area (Å²) in [6.07, 6.45) is 0. The Kier molecular flexibility index (Phi) is 5.83. The summed E-state index contributed by atoms with van der Waals surface area (Å²) in [6, 6.07) is 11.1. The number of carbonyl (C=O) groups is 1. The largest absolute Gasteiger partial charge is 0.465 e. The van der Waals surface area contributed by atoms with Gasteiger partial charge in [0.2, 0.25) is 0 Å². The Hall–Kier alpha value is -1.79. The molecule has 0 aliphatic heterocycles. The highest BCUT2D eigenvalue weighted by atomic mass is 32.2. The lowest BCUT2D eigenvalue weighted by Crippen LogP contribution is -2.34. The Bertz CT molecular complexity index is 571. The highest BCUT2D eigenvalue weighted by Gasteiger charge is 2.15. The summed E-state index contributed by atoms with van der Waals surface area (Å²) in [5.41, 5.74) is 7.54. The van der Waals surface area contributed by atoms with Crippen LogP contribution < -0.4 is 5.73 Å². The normalized spacial score (nSPS) is 12.1. The fourth-order valence-corrected chi connectivity index (χ4v) is 2.57. The smallest absolute Gasteiger partial charge is 0.323 e. The van der Waals surface area contributed by atoms with E-state index in [2.05, 4.69) is 5.16 Å². The molecule has 1 aromatic heterocycles. The Balaban J connectivity index is 1.82. The number of thioether (sulfide) groups is 1. The van der Waals surface area contributed by atoms with Gasteiger partial charge in [-0.25, -0.2) is 0 Å². The first-order valence-electron chi connectivity index (χ1n) is 6.71. The number of hydrogen-bond acceptors (Lipinski definition) is 6. The number of aromatic nitrogens is 1. The minimum atomic E-state index is -0.605. The van der Waals surface area contributed by atoms with Crippen LogP contribution in [0.15, 0.2) is 40.9 Å². The van der Waals surface area contributed by atoms with Crippen LogP contribution in [-0.4, -0.2) is 29.5 Å². The summed E-state index contributed by atoms with van der Waals surface area (Å²) in [5.74, 6) is 1.50. The molecule has 112 valence electrons. The Morgan fingerprint density at radius 2 is 2.19 bits per heavy atom. The molecule has 0 bridgehead atoms. The van der Waals surface area contributed by atoms with Gasteiger partial charge in [-0.3, -0.25) is 4.79 Å². The molecule has 5 nitrogen and oxygen atoms in total. The summed E-state index contributed by atoms with van der Waals surface area (Å²) in [7, 11) is 0. The molecule has 0 saturated heterocycles. The molecule has 0 amide bonds. The lowest BCUT2D eigenvalue weighted by atomic mass is 10.1. The first kappa shape index (κ1) is 15.6. The molecule has 6 heteroatoms. The van der Waals surface area contributed by atoms with Crippen molar-refractivity contribution in [2.75, 3.05) is 12.4 Å². The summed E-state index contributed by atoms with van der Waals surface area (Å²) in [4.78, 5) is 11.4. The average Bonchev–Trinajstić information content (AvgIpc) is 2.97. The summed E-state index contributed by atoms with van der Waals surface area (Å²) < 4.78 is 10.1. The minimum absolute atomic E-state index is 0.347. The molecule has 0 saturated carbocycles. The van der Waals surface area contributed by atoms with E-state index in [9.17, 15) is 4.79 Å². The molecule has 1 aromatic carbocycles. The Morgan fingerprint density at radius 3 is 2.90 bits per heavy atom. The molecule has 1 atom stereocenters. The highest BCUT2D eigenvalue weighted by Crippen LogP contribution is 2.21. The Labute approximate surface area is 127 Å². The lowest BCUT2D eigenvalue weighted by Gasteiger charge is -2.08. The van der Waals surface area contributed by atoms with Crippen molar-refractivity contribution in [1.82, 2.24) is 5.16 Å². The number of rotatable bonds is 7. The number of nitrogens with zero attached hydrogens (tertiary/aromatic N) is 1. The van der Waals surface area contributed by atoms with Crippen LogP contribution in [0.25, 0.3) is 11.3 Å². The third-order valence-corrected chi connectivity index (χ3v) is 3.84. The molecule has 0 aliphatic rings. The van der Waals surface area contributed by atoms with Crippen molar-refractivity contribution in [3.8, 4) is 11.3 Å². The molecule has 0 spiro atoms. The van der Waals surface area contributed by atoms with Crippen molar-refractivity contribution in [3.63, 3.8) is 0 Å². The van der Waals surface area contributed by atoms with Gasteiger partial charge in [-0.1, -0.05) is 35.5 Å². The maximum absolute atomic E-state index is 11.4. The first-order valence-corrected chi connectivity index (χ1v) is 7.87. The van der Waals surface area contributed by atoms with E-state index >= 15 is 0 Å². The monoisotopic (exact) mass is 306 g/mol. The molecule has 2 rings (SSSR count). The maximum Gasteiger partial charge on any atom is 0.323 e.